The summed E-state index contributed by atoms with van der Waals surface area (Å²) in [7, 11) is 0. The third-order valence-corrected chi connectivity index (χ3v) is 4.55. The summed E-state index contributed by atoms with van der Waals surface area (Å²) in [4.78, 5) is 24.5. The number of anilines is 2. The average molecular weight is 351 g/mol. The monoisotopic (exact) mass is 351 g/mol. The van der Waals surface area contributed by atoms with Gasteiger partial charge in [0.25, 0.3) is 0 Å². The summed E-state index contributed by atoms with van der Waals surface area (Å²) in [6, 6.07) is 10.2. The molecule has 1 amide bonds. The number of hydrogen-bond acceptors (Lipinski definition) is 5. The highest BCUT2D eigenvalue weighted by atomic mass is 16.2. The molecular formula is C20H25N5O. The molecule has 0 spiro atoms. The topological polar surface area (TPSA) is 61.4 Å². The van der Waals surface area contributed by atoms with Crippen LogP contribution in [0.3, 0.4) is 0 Å². The van der Waals surface area contributed by atoms with Crippen LogP contribution in [0.2, 0.25) is 0 Å². The summed E-state index contributed by atoms with van der Waals surface area (Å²) < 4.78 is 0. The molecule has 2 aromatic rings. The number of carbonyl (C=O) groups excluding carboxylic acids is 1. The van der Waals surface area contributed by atoms with E-state index in [1.165, 1.54) is 11.6 Å². The van der Waals surface area contributed by atoms with E-state index in [0.29, 0.717) is 5.95 Å². The highest BCUT2D eigenvalue weighted by Crippen LogP contribution is 2.16. The first-order valence-corrected chi connectivity index (χ1v) is 8.93. The largest absolute Gasteiger partial charge is 0.337 e. The molecular weight excluding hydrogens is 326 g/mol. The third kappa shape index (κ3) is 4.89. The van der Waals surface area contributed by atoms with Crippen LogP contribution in [0, 0.1) is 6.92 Å². The van der Waals surface area contributed by atoms with E-state index in [4.69, 9.17) is 0 Å². The molecule has 1 saturated heterocycles. The van der Waals surface area contributed by atoms with E-state index >= 15 is 0 Å². The number of carbonyl (C=O) groups is 1. The van der Waals surface area contributed by atoms with Gasteiger partial charge in [0.15, 0.2) is 0 Å². The van der Waals surface area contributed by atoms with Crippen LogP contribution in [0.1, 0.15) is 11.3 Å². The minimum atomic E-state index is 0.0294. The Morgan fingerprint density at radius 2 is 2.08 bits per heavy atom. The van der Waals surface area contributed by atoms with Gasteiger partial charge in [0.1, 0.15) is 0 Å². The van der Waals surface area contributed by atoms with E-state index in [-0.39, 0.29) is 5.91 Å². The molecule has 26 heavy (non-hydrogen) atoms. The van der Waals surface area contributed by atoms with Crippen LogP contribution in [0.15, 0.2) is 49.2 Å². The van der Waals surface area contributed by atoms with Crippen molar-refractivity contribution in [2.75, 3.05) is 38.0 Å². The maximum Gasteiger partial charge on any atom is 0.246 e. The van der Waals surface area contributed by atoms with Crippen molar-refractivity contribution in [1.82, 2.24) is 19.8 Å². The lowest BCUT2D eigenvalue weighted by Gasteiger charge is -2.34. The Hall–Kier alpha value is -2.73. The number of amides is 1. The molecule has 0 unspecified atom stereocenters. The molecule has 0 aliphatic carbocycles. The number of nitrogens with one attached hydrogen (secondary N) is 1. The van der Waals surface area contributed by atoms with Crippen molar-refractivity contribution in [3.05, 3.63) is 60.4 Å². The van der Waals surface area contributed by atoms with Gasteiger partial charge >= 0.3 is 0 Å². The van der Waals surface area contributed by atoms with Crippen molar-refractivity contribution < 1.29 is 4.79 Å². The van der Waals surface area contributed by atoms with Crippen molar-refractivity contribution in [3.63, 3.8) is 0 Å². The van der Waals surface area contributed by atoms with Crippen LogP contribution in [-0.4, -0.2) is 58.4 Å². The van der Waals surface area contributed by atoms with E-state index in [9.17, 15) is 4.79 Å². The zero-order chi connectivity index (χ0) is 18.4. The second-order valence-electron chi connectivity index (χ2n) is 6.47. The van der Waals surface area contributed by atoms with Crippen LogP contribution < -0.4 is 5.32 Å². The molecule has 1 aliphatic heterocycles. The van der Waals surface area contributed by atoms with Crippen LogP contribution in [-0.2, 0) is 11.2 Å². The Bertz CT molecular complexity index is 768. The Morgan fingerprint density at radius 1 is 1.27 bits per heavy atom. The first kappa shape index (κ1) is 18.1. The zero-order valence-corrected chi connectivity index (χ0v) is 15.2. The molecule has 0 atom stereocenters. The van der Waals surface area contributed by atoms with Gasteiger partial charge in [-0.15, -0.1) is 0 Å². The fraction of sp³-hybridized carbons (Fsp3) is 0.350. The number of aryl methyl sites for hydroxylation is 1. The van der Waals surface area contributed by atoms with Gasteiger partial charge < -0.3 is 10.2 Å². The van der Waals surface area contributed by atoms with Crippen LogP contribution in [0.25, 0.3) is 0 Å². The second kappa shape index (κ2) is 8.58. The fourth-order valence-corrected chi connectivity index (χ4v) is 3.05. The summed E-state index contributed by atoms with van der Waals surface area (Å²) >= 11 is 0. The van der Waals surface area contributed by atoms with Crippen LogP contribution in [0.5, 0.6) is 0 Å². The molecule has 0 saturated carbocycles. The Kier molecular flexibility index (Phi) is 5.96. The first-order chi connectivity index (χ1) is 12.6. The summed E-state index contributed by atoms with van der Waals surface area (Å²) in [5.41, 5.74) is 3.20. The van der Waals surface area contributed by atoms with Gasteiger partial charge in [-0.2, -0.15) is 0 Å². The number of hydrogen-bond donors (Lipinski definition) is 1. The predicted octanol–water partition coefficient (Wildman–Crippen LogP) is 2.40. The second-order valence-corrected chi connectivity index (χ2v) is 6.47. The molecule has 6 nitrogen and oxygen atoms in total. The molecule has 2 heterocycles. The predicted molar refractivity (Wildman–Crippen MR) is 103 cm³/mol. The van der Waals surface area contributed by atoms with Gasteiger partial charge in [-0.1, -0.05) is 18.7 Å². The summed E-state index contributed by atoms with van der Waals surface area (Å²) in [6.07, 6.45) is 4.12. The summed E-state index contributed by atoms with van der Waals surface area (Å²) in [5, 5.41) is 3.26. The summed E-state index contributed by atoms with van der Waals surface area (Å²) in [5.74, 6) is 0.645. The molecule has 1 fully saturated rings. The van der Waals surface area contributed by atoms with Crippen molar-refractivity contribution >= 4 is 17.5 Å². The molecule has 6 heteroatoms. The smallest absolute Gasteiger partial charge is 0.246 e. The van der Waals surface area contributed by atoms with E-state index in [0.717, 1.165) is 50.5 Å². The molecule has 1 N–H and O–H groups in total. The first-order valence-electron chi connectivity index (χ1n) is 8.93. The zero-order valence-electron chi connectivity index (χ0n) is 15.2. The molecule has 0 bridgehead atoms. The molecule has 0 radical (unpaired) electrons. The number of benzene rings is 1. The summed E-state index contributed by atoms with van der Waals surface area (Å²) in [6.45, 7) is 9.86. The highest BCUT2D eigenvalue weighted by molar-refractivity contribution is 5.87. The average Bonchev–Trinajstić information content (AvgIpc) is 2.66. The van der Waals surface area contributed by atoms with E-state index in [2.05, 4.69) is 38.9 Å². The molecule has 1 aliphatic rings. The van der Waals surface area contributed by atoms with Crippen LogP contribution >= 0.6 is 0 Å². The standard InChI is InChI=1S/C20H25N5O/c1-3-19(26)25-13-11-24(12-14-25)10-8-17-5-4-6-18(15-17)23-20-21-9-7-16(2)22-20/h3-7,9,15H,1,8,10-14H2,2H3,(H,21,22,23). The normalized spacial score (nSPS) is 14.9. The van der Waals surface area contributed by atoms with Gasteiger partial charge in [-0.3, -0.25) is 9.69 Å². The van der Waals surface area contributed by atoms with Crippen molar-refractivity contribution in [3.8, 4) is 0 Å². The van der Waals surface area contributed by atoms with Crippen LogP contribution in [0.4, 0.5) is 11.6 Å². The molecule has 1 aromatic carbocycles. The number of nitrogens with zero attached hydrogens (tertiary/aromatic N) is 4. The fourth-order valence-electron chi connectivity index (χ4n) is 3.05. The Labute approximate surface area is 154 Å². The maximum atomic E-state index is 11.6. The molecule has 136 valence electrons. The lowest BCUT2D eigenvalue weighted by molar-refractivity contribution is -0.127. The SMILES string of the molecule is C=CC(=O)N1CCN(CCc2cccc(Nc3nccc(C)n3)c2)CC1. The Balaban J connectivity index is 1.51. The van der Waals surface area contributed by atoms with Crippen molar-refractivity contribution in [2.45, 2.75) is 13.3 Å². The number of rotatable bonds is 6. The van der Waals surface area contributed by atoms with Crippen molar-refractivity contribution in [2.24, 2.45) is 0 Å². The molecule has 3 rings (SSSR count). The van der Waals surface area contributed by atoms with Gasteiger partial charge in [0.2, 0.25) is 11.9 Å². The number of piperazine rings is 1. The van der Waals surface area contributed by atoms with E-state index in [1.807, 2.05) is 30.0 Å². The Morgan fingerprint density at radius 3 is 2.81 bits per heavy atom. The lowest BCUT2D eigenvalue weighted by atomic mass is 10.1. The molecule has 1 aromatic heterocycles. The maximum absolute atomic E-state index is 11.6. The van der Waals surface area contributed by atoms with Gasteiger partial charge in [0.05, 0.1) is 0 Å². The van der Waals surface area contributed by atoms with Gasteiger partial charge in [-0.25, -0.2) is 9.97 Å². The minimum absolute atomic E-state index is 0.0294. The van der Waals surface area contributed by atoms with Crippen molar-refractivity contribution in [1.29, 1.82) is 0 Å². The lowest BCUT2D eigenvalue weighted by Crippen LogP contribution is -2.48. The quantitative estimate of drug-likeness (QED) is 0.810. The van der Waals surface area contributed by atoms with E-state index in [1.54, 1.807) is 6.20 Å². The highest BCUT2D eigenvalue weighted by Gasteiger charge is 2.18. The number of aromatic nitrogens is 2. The van der Waals surface area contributed by atoms with Gasteiger partial charge in [-0.05, 0) is 43.2 Å². The third-order valence-electron chi connectivity index (χ3n) is 4.55. The van der Waals surface area contributed by atoms with E-state index < -0.39 is 0 Å². The minimum Gasteiger partial charge on any atom is -0.337 e. The van der Waals surface area contributed by atoms with Gasteiger partial charge in [0, 0.05) is 50.3 Å².